The lowest BCUT2D eigenvalue weighted by Gasteiger charge is -2.40. The molecule has 0 aromatic heterocycles. The average Bonchev–Trinajstić information content (AvgIpc) is 3.33. The van der Waals surface area contributed by atoms with Crippen molar-refractivity contribution in [2.45, 2.75) is 13.0 Å². The number of carbonyl (C=O) groups excluding carboxylic acids is 1. The fourth-order valence-electron chi connectivity index (χ4n) is 4.52. The summed E-state index contributed by atoms with van der Waals surface area (Å²) in [6, 6.07) is 20.2. The third kappa shape index (κ3) is 4.84. The van der Waals surface area contributed by atoms with E-state index in [4.69, 9.17) is 9.47 Å². The van der Waals surface area contributed by atoms with Gasteiger partial charge in [0.05, 0.1) is 6.04 Å². The Bertz CT molecular complexity index is 1140. The first-order valence-electron chi connectivity index (χ1n) is 11.6. The number of piperazine rings is 1. The van der Waals surface area contributed by atoms with Gasteiger partial charge in [-0.25, -0.2) is 4.39 Å². The molecule has 5 rings (SSSR count). The van der Waals surface area contributed by atoms with Crippen LogP contribution in [0.15, 0.2) is 66.7 Å². The van der Waals surface area contributed by atoms with E-state index >= 15 is 0 Å². The fourth-order valence-corrected chi connectivity index (χ4v) is 4.52. The molecule has 0 aliphatic carbocycles. The molecule has 1 amide bonds. The summed E-state index contributed by atoms with van der Waals surface area (Å²) >= 11 is 0. The molecule has 0 bridgehead atoms. The maximum absolute atomic E-state index is 13.3. The Balaban J connectivity index is 1.31. The quantitative estimate of drug-likeness (QED) is 0.598. The van der Waals surface area contributed by atoms with Crippen LogP contribution in [-0.2, 0) is 0 Å². The standard InChI is InChI=1S/C27H28FN3O3/c1-19-2-4-20(5-3-19)27(32)29-17-24(21-6-11-25-26(16-21)34-18-33-25)31-14-12-30(13-15-31)23-9-7-22(28)8-10-23/h2-11,16,24H,12-15,17-18H2,1H3,(H,29,32)/t24-/m0/s1. The van der Waals surface area contributed by atoms with Crippen molar-refractivity contribution in [2.24, 2.45) is 0 Å². The molecule has 6 nitrogen and oxygen atoms in total. The van der Waals surface area contributed by atoms with E-state index in [2.05, 4.69) is 15.1 Å². The number of fused-ring (bicyclic) bond motifs is 1. The molecule has 1 N–H and O–H groups in total. The minimum atomic E-state index is -0.227. The van der Waals surface area contributed by atoms with Crippen LogP contribution in [0.4, 0.5) is 10.1 Å². The van der Waals surface area contributed by atoms with Gasteiger partial charge in [-0.05, 0) is 61.0 Å². The zero-order valence-corrected chi connectivity index (χ0v) is 19.2. The van der Waals surface area contributed by atoms with Crippen molar-refractivity contribution >= 4 is 11.6 Å². The molecule has 2 aliphatic heterocycles. The van der Waals surface area contributed by atoms with E-state index < -0.39 is 0 Å². The molecular weight excluding hydrogens is 433 g/mol. The number of nitrogens with one attached hydrogen (secondary N) is 1. The minimum Gasteiger partial charge on any atom is -0.454 e. The van der Waals surface area contributed by atoms with Crippen LogP contribution in [0.25, 0.3) is 0 Å². The monoisotopic (exact) mass is 461 g/mol. The topological polar surface area (TPSA) is 54.0 Å². The second kappa shape index (κ2) is 9.73. The normalized spacial score (nSPS) is 16.4. The van der Waals surface area contributed by atoms with Crippen molar-refractivity contribution in [1.82, 2.24) is 10.2 Å². The van der Waals surface area contributed by atoms with E-state index in [0.29, 0.717) is 12.1 Å². The Morgan fingerprint density at radius 2 is 1.65 bits per heavy atom. The van der Waals surface area contributed by atoms with Gasteiger partial charge in [0.25, 0.3) is 5.91 Å². The molecule has 1 fully saturated rings. The van der Waals surface area contributed by atoms with Crippen molar-refractivity contribution in [3.8, 4) is 11.5 Å². The number of rotatable bonds is 6. The number of amides is 1. The van der Waals surface area contributed by atoms with Gasteiger partial charge in [-0.3, -0.25) is 9.69 Å². The van der Waals surface area contributed by atoms with Gasteiger partial charge in [0, 0.05) is 44.0 Å². The largest absolute Gasteiger partial charge is 0.454 e. The van der Waals surface area contributed by atoms with Crippen LogP contribution >= 0.6 is 0 Å². The van der Waals surface area contributed by atoms with Gasteiger partial charge in [-0.2, -0.15) is 0 Å². The van der Waals surface area contributed by atoms with Gasteiger partial charge in [0.2, 0.25) is 6.79 Å². The fraction of sp³-hybridized carbons (Fsp3) is 0.296. The van der Waals surface area contributed by atoms with Crippen molar-refractivity contribution < 1.29 is 18.7 Å². The smallest absolute Gasteiger partial charge is 0.251 e. The Morgan fingerprint density at radius 3 is 2.38 bits per heavy atom. The van der Waals surface area contributed by atoms with Crippen molar-refractivity contribution in [3.63, 3.8) is 0 Å². The van der Waals surface area contributed by atoms with Crippen LogP contribution in [-0.4, -0.2) is 50.3 Å². The summed E-state index contributed by atoms with van der Waals surface area (Å²) in [6.45, 7) is 5.97. The number of anilines is 1. The van der Waals surface area contributed by atoms with E-state index in [9.17, 15) is 9.18 Å². The molecule has 2 aliphatic rings. The summed E-state index contributed by atoms with van der Waals surface area (Å²) in [4.78, 5) is 17.5. The van der Waals surface area contributed by atoms with Crippen molar-refractivity contribution in [3.05, 3.63) is 89.2 Å². The maximum atomic E-state index is 13.3. The Kier molecular flexibility index (Phi) is 6.36. The van der Waals surface area contributed by atoms with Gasteiger partial charge < -0.3 is 19.7 Å². The number of nitrogens with zero attached hydrogens (tertiary/aromatic N) is 2. The predicted octanol–water partition coefficient (Wildman–Crippen LogP) is 4.16. The molecule has 34 heavy (non-hydrogen) atoms. The van der Waals surface area contributed by atoms with E-state index in [1.165, 1.54) is 12.1 Å². The third-order valence-electron chi connectivity index (χ3n) is 6.50. The van der Waals surface area contributed by atoms with Crippen molar-refractivity contribution in [1.29, 1.82) is 0 Å². The van der Waals surface area contributed by atoms with Gasteiger partial charge in [0.15, 0.2) is 11.5 Å². The summed E-state index contributed by atoms with van der Waals surface area (Å²) in [7, 11) is 0. The Morgan fingerprint density at radius 1 is 0.941 bits per heavy atom. The molecular formula is C27H28FN3O3. The van der Waals surface area contributed by atoms with E-state index in [-0.39, 0.29) is 24.6 Å². The number of hydrogen-bond acceptors (Lipinski definition) is 5. The number of hydrogen-bond donors (Lipinski definition) is 1. The number of ether oxygens (including phenoxy) is 2. The summed E-state index contributed by atoms with van der Waals surface area (Å²) in [5.74, 6) is 1.16. The number of benzene rings is 3. The lowest BCUT2D eigenvalue weighted by atomic mass is 10.0. The van der Waals surface area contributed by atoms with Crippen LogP contribution in [0.3, 0.4) is 0 Å². The molecule has 0 radical (unpaired) electrons. The summed E-state index contributed by atoms with van der Waals surface area (Å²) in [5, 5.41) is 3.12. The zero-order chi connectivity index (χ0) is 23.5. The molecule has 176 valence electrons. The molecule has 0 saturated carbocycles. The molecule has 2 heterocycles. The first-order chi connectivity index (χ1) is 16.6. The summed E-state index contributed by atoms with van der Waals surface area (Å²) < 4.78 is 24.4. The van der Waals surface area contributed by atoms with Gasteiger partial charge in [-0.1, -0.05) is 23.8 Å². The van der Waals surface area contributed by atoms with Crippen LogP contribution in [0.2, 0.25) is 0 Å². The Hall–Kier alpha value is -3.58. The molecule has 0 spiro atoms. The number of halogens is 1. The minimum absolute atomic E-state index is 0.0146. The predicted molar refractivity (Wildman–Crippen MR) is 129 cm³/mol. The van der Waals surface area contributed by atoms with E-state index in [0.717, 1.165) is 54.5 Å². The Labute approximate surface area is 198 Å². The number of carbonyl (C=O) groups is 1. The first kappa shape index (κ1) is 22.2. The maximum Gasteiger partial charge on any atom is 0.251 e. The lowest BCUT2D eigenvalue weighted by Crippen LogP contribution is -2.50. The van der Waals surface area contributed by atoms with Gasteiger partial charge >= 0.3 is 0 Å². The van der Waals surface area contributed by atoms with Crippen LogP contribution in [0.5, 0.6) is 11.5 Å². The summed E-state index contributed by atoms with van der Waals surface area (Å²) in [6.07, 6.45) is 0. The third-order valence-corrected chi connectivity index (χ3v) is 6.50. The van der Waals surface area contributed by atoms with Gasteiger partial charge in [-0.15, -0.1) is 0 Å². The van der Waals surface area contributed by atoms with Crippen LogP contribution < -0.4 is 19.7 Å². The zero-order valence-electron chi connectivity index (χ0n) is 19.2. The highest BCUT2D eigenvalue weighted by Crippen LogP contribution is 2.35. The molecule has 0 unspecified atom stereocenters. The van der Waals surface area contributed by atoms with E-state index in [1.807, 2.05) is 61.5 Å². The van der Waals surface area contributed by atoms with Gasteiger partial charge in [0.1, 0.15) is 5.82 Å². The van der Waals surface area contributed by atoms with Crippen LogP contribution in [0, 0.1) is 12.7 Å². The second-order valence-electron chi connectivity index (χ2n) is 8.70. The summed E-state index contributed by atoms with van der Waals surface area (Å²) in [5.41, 5.74) is 3.86. The highest BCUT2D eigenvalue weighted by molar-refractivity contribution is 5.94. The molecule has 3 aromatic carbocycles. The van der Waals surface area contributed by atoms with Crippen molar-refractivity contribution in [2.75, 3.05) is 44.4 Å². The van der Waals surface area contributed by atoms with Crippen LogP contribution in [0.1, 0.15) is 27.5 Å². The lowest BCUT2D eigenvalue weighted by molar-refractivity contribution is 0.0930. The highest BCUT2D eigenvalue weighted by Gasteiger charge is 2.27. The molecule has 3 aromatic rings. The average molecular weight is 462 g/mol. The molecule has 7 heteroatoms. The van der Waals surface area contributed by atoms with E-state index in [1.54, 1.807) is 0 Å². The second-order valence-corrected chi connectivity index (χ2v) is 8.70. The molecule has 1 atom stereocenters. The highest BCUT2D eigenvalue weighted by atomic mass is 19.1. The SMILES string of the molecule is Cc1ccc(C(=O)NC[C@@H](c2ccc3c(c2)OCO3)N2CCN(c3ccc(F)cc3)CC2)cc1. The first-order valence-corrected chi connectivity index (χ1v) is 11.6. The molecule has 1 saturated heterocycles. The number of aryl methyl sites for hydroxylation is 1.